The van der Waals surface area contributed by atoms with E-state index in [4.69, 9.17) is 5.26 Å². The molecule has 0 radical (unpaired) electrons. The molecule has 3 atom stereocenters. The maximum atomic E-state index is 14.9. The molecule has 1 N–H and O–H groups in total. The maximum absolute atomic E-state index is 14.9. The molecule has 0 aliphatic carbocycles. The van der Waals surface area contributed by atoms with Crippen molar-refractivity contribution in [2.75, 3.05) is 5.32 Å². The predicted molar refractivity (Wildman–Crippen MR) is 118 cm³/mol. The Hall–Kier alpha value is -4.47. The normalized spacial score (nSPS) is 18.1. The van der Waals surface area contributed by atoms with Crippen molar-refractivity contribution in [1.29, 1.82) is 5.26 Å². The number of fused-ring (bicyclic) bond motifs is 1. The average Bonchev–Trinajstić information content (AvgIpc) is 2.88. The van der Waals surface area contributed by atoms with Gasteiger partial charge in [-0.1, -0.05) is 24.3 Å². The molecule has 3 unspecified atom stereocenters. The minimum Gasteiger partial charge on any atom is -0.325 e. The third-order valence-electron chi connectivity index (χ3n) is 5.90. The number of hydrogen-bond acceptors (Lipinski definition) is 4. The second-order valence-electron chi connectivity index (χ2n) is 8.20. The van der Waals surface area contributed by atoms with Gasteiger partial charge in [-0.05, 0) is 41.5 Å². The standard InChI is InChI=1S/C25H15F7N4O2/c26-17-7-6-14(9-13(17)10-33)35-23(37)19-15-3-1-2-4-16(15)24(38)36(22(29)21(27)28)20(19)12-5-8-18(34-11-12)25(30,31)32/h1-9,11,19-22H,(H,35,37). The summed E-state index contributed by atoms with van der Waals surface area (Å²) in [5.41, 5.74) is -2.44. The fourth-order valence-electron chi connectivity index (χ4n) is 4.24. The molecule has 38 heavy (non-hydrogen) atoms. The fraction of sp³-hybridized carbons (Fsp3) is 0.200. The number of hydrogen-bond donors (Lipinski definition) is 1. The Morgan fingerprint density at radius 3 is 2.39 bits per heavy atom. The summed E-state index contributed by atoms with van der Waals surface area (Å²) in [4.78, 5) is 30.1. The summed E-state index contributed by atoms with van der Waals surface area (Å²) in [7, 11) is 0. The van der Waals surface area contributed by atoms with Gasteiger partial charge in [-0.25, -0.2) is 17.6 Å². The molecule has 13 heteroatoms. The monoisotopic (exact) mass is 536 g/mol. The van der Waals surface area contributed by atoms with Crippen LogP contribution in [-0.4, -0.2) is 34.4 Å². The van der Waals surface area contributed by atoms with E-state index in [1.165, 1.54) is 24.3 Å². The molecule has 0 bridgehead atoms. The zero-order chi connectivity index (χ0) is 27.8. The highest BCUT2D eigenvalue weighted by Gasteiger charge is 2.49. The highest BCUT2D eigenvalue weighted by Crippen LogP contribution is 2.45. The summed E-state index contributed by atoms with van der Waals surface area (Å²) < 4.78 is 95.0. The van der Waals surface area contributed by atoms with Crippen LogP contribution in [0.4, 0.5) is 36.4 Å². The zero-order valence-electron chi connectivity index (χ0n) is 18.9. The molecule has 1 aliphatic rings. The van der Waals surface area contributed by atoms with Crippen LogP contribution in [0.15, 0.2) is 60.8 Å². The van der Waals surface area contributed by atoms with E-state index in [9.17, 15) is 40.3 Å². The number of anilines is 1. The van der Waals surface area contributed by atoms with Crippen LogP contribution in [0, 0.1) is 17.1 Å². The molecule has 0 fully saturated rings. The Morgan fingerprint density at radius 1 is 1.08 bits per heavy atom. The molecule has 196 valence electrons. The Labute approximate surface area is 210 Å². The number of carbonyl (C=O) groups is 2. The Bertz CT molecular complexity index is 1420. The number of nitriles is 1. The maximum Gasteiger partial charge on any atom is 0.433 e. The van der Waals surface area contributed by atoms with Gasteiger partial charge in [0.15, 0.2) is 0 Å². The minimum atomic E-state index is -4.85. The number of alkyl halides is 6. The second-order valence-corrected chi connectivity index (χ2v) is 8.20. The van der Waals surface area contributed by atoms with Gasteiger partial charge in [-0.15, -0.1) is 0 Å². The first-order chi connectivity index (χ1) is 17.9. The van der Waals surface area contributed by atoms with Crippen LogP contribution in [0.2, 0.25) is 0 Å². The number of nitrogens with one attached hydrogen (secondary N) is 1. The third-order valence-corrected chi connectivity index (χ3v) is 5.90. The molecule has 2 aromatic carbocycles. The number of nitrogens with zero attached hydrogens (tertiary/aromatic N) is 3. The second kappa shape index (κ2) is 10.1. The summed E-state index contributed by atoms with van der Waals surface area (Å²) in [6.45, 7) is 0. The summed E-state index contributed by atoms with van der Waals surface area (Å²) in [6, 6.07) is 9.37. The topological polar surface area (TPSA) is 86.1 Å². The van der Waals surface area contributed by atoms with E-state index < -0.39 is 59.7 Å². The Kier molecular flexibility index (Phi) is 7.08. The molecule has 2 amide bonds. The molecule has 4 rings (SSSR count). The van der Waals surface area contributed by atoms with Crippen molar-refractivity contribution in [2.45, 2.75) is 30.9 Å². The molecule has 0 saturated carbocycles. The van der Waals surface area contributed by atoms with Crippen LogP contribution in [-0.2, 0) is 11.0 Å². The highest BCUT2D eigenvalue weighted by atomic mass is 19.4. The van der Waals surface area contributed by atoms with Crippen molar-refractivity contribution >= 4 is 17.5 Å². The van der Waals surface area contributed by atoms with E-state index in [1.54, 1.807) is 6.07 Å². The minimum absolute atomic E-state index is 0.0137. The van der Waals surface area contributed by atoms with Crippen LogP contribution >= 0.6 is 0 Å². The molecule has 0 spiro atoms. The smallest absolute Gasteiger partial charge is 0.325 e. The molecule has 2 heterocycles. The first kappa shape index (κ1) is 26.6. The van der Waals surface area contributed by atoms with Crippen LogP contribution in [0.5, 0.6) is 0 Å². The summed E-state index contributed by atoms with van der Waals surface area (Å²) in [6.07, 6.45) is -11.2. The SMILES string of the molecule is N#Cc1cc(NC(=O)C2c3ccccc3C(=O)N(C(F)C(F)F)C2c2ccc(C(F)(F)F)nc2)ccc1F. The number of halogens is 7. The average molecular weight is 536 g/mol. The molecule has 6 nitrogen and oxygen atoms in total. The van der Waals surface area contributed by atoms with Crippen LogP contribution < -0.4 is 5.32 Å². The fourth-order valence-corrected chi connectivity index (χ4v) is 4.24. The molecule has 0 saturated heterocycles. The molecular weight excluding hydrogens is 521 g/mol. The van der Waals surface area contributed by atoms with Crippen molar-refractivity contribution in [3.63, 3.8) is 0 Å². The lowest BCUT2D eigenvalue weighted by Crippen LogP contribution is -2.51. The van der Waals surface area contributed by atoms with E-state index in [-0.39, 0.29) is 27.3 Å². The first-order valence-electron chi connectivity index (χ1n) is 10.8. The van der Waals surface area contributed by atoms with Gasteiger partial charge in [0.2, 0.25) is 12.2 Å². The zero-order valence-corrected chi connectivity index (χ0v) is 18.9. The van der Waals surface area contributed by atoms with E-state index >= 15 is 0 Å². The van der Waals surface area contributed by atoms with Crippen molar-refractivity contribution in [3.8, 4) is 6.07 Å². The van der Waals surface area contributed by atoms with Gasteiger partial charge in [0, 0.05) is 17.4 Å². The number of benzene rings is 2. The van der Waals surface area contributed by atoms with Crippen LogP contribution in [0.25, 0.3) is 0 Å². The molecule has 1 aliphatic heterocycles. The van der Waals surface area contributed by atoms with Gasteiger partial charge in [0.05, 0.1) is 17.5 Å². The van der Waals surface area contributed by atoms with E-state index in [2.05, 4.69) is 10.3 Å². The summed E-state index contributed by atoms with van der Waals surface area (Å²) in [5, 5.41) is 11.4. The van der Waals surface area contributed by atoms with Crippen molar-refractivity contribution < 1.29 is 40.3 Å². The molecule has 3 aromatic rings. The summed E-state index contributed by atoms with van der Waals surface area (Å²) >= 11 is 0. The Morgan fingerprint density at radius 2 is 1.79 bits per heavy atom. The van der Waals surface area contributed by atoms with E-state index in [0.29, 0.717) is 12.3 Å². The molecular formula is C25H15F7N4O2. The van der Waals surface area contributed by atoms with Gasteiger partial charge in [0.1, 0.15) is 17.6 Å². The third kappa shape index (κ3) is 4.89. The number of pyridine rings is 1. The van der Waals surface area contributed by atoms with Gasteiger partial charge >= 0.3 is 6.18 Å². The van der Waals surface area contributed by atoms with Crippen molar-refractivity contribution in [2.24, 2.45) is 0 Å². The lowest BCUT2D eigenvalue weighted by atomic mass is 9.79. The quantitative estimate of drug-likeness (QED) is 0.340. The number of aromatic nitrogens is 1. The van der Waals surface area contributed by atoms with Gasteiger partial charge < -0.3 is 5.32 Å². The lowest BCUT2D eigenvalue weighted by Gasteiger charge is -2.42. The number of amides is 2. The largest absolute Gasteiger partial charge is 0.433 e. The predicted octanol–water partition coefficient (Wildman–Crippen LogP) is 5.59. The molecule has 1 aromatic heterocycles. The van der Waals surface area contributed by atoms with Crippen molar-refractivity contribution in [1.82, 2.24) is 9.88 Å². The first-order valence-corrected chi connectivity index (χ1v) is 10.8. The summed E-state index contributed by atoms with van der Waals surface area (Å²) in [5.74, 6) is -4.70. The van der Waals surface area contributed by atoms with Crippen LogP contribution in [0.1, 0.15) is 44.7 Å². The Balaban J connectivity index is 1.88. The van der Waals surface area contributed by atoms with E-state index in [1.807, 2.05) is 0 Å². The number of carbonyl (C=O) groups excluding carboxylic acids is 2. The van der Waals surface area contributed by atoms with Crippen LogP contribution in [0.3, 0.4) is 0 Å². The van der Waals surface area contributed by atoms with Gasteiger partial charge in [0.25, 0.3) is 12.3 Å². The lowest BCUT2D eigenvalue weighted by molar-refractivity contribution is -0.141. The van der Waals surface area contributed by atoms with Gasteiger partial charge in [-0.3, -0.25) is 19.5 Å². The highest BCUT2D eigenvalue weighted by molar-refractivity contribution is 6.04. The number of rotatable bonds is 5. The van der Waals surface area contributed by atoms with Gasteiger partial charge in [-0.2, -0.15) is 18.4 Å². The van der Waals surface area contributed by atoms with E-state index in [0.717, 1.165) is 24.3 Å². The van der Waals surface area contributed by atoms with Crippen molar-refractivity contribution in [3.05, 3.63) is 94.6 Å².